The molecule has 0 N–H and O–H groups in total. The Morgan fingerprint density at radius 1 is 0.490 bits per heavy atom. The lowest BCUT2D eigenvalue weighted by atomic mass is 9.72. The van der Waals surface area contributed by atoms with Crippen LogP contribution in [-0.2, 0) is 5.41 Å². The van der Waals surface area contributed by atoms with E-state index in [4.69, 9.17) is 0 Å². The minimum Gasteiger partial charge on any atom is -0.310 e. The summed E-state index contributed by atoms with van der Waals surface area (Å²) in [5.41, 5.74) is 13.3. The molecule has 240 valence electrons. The van der Waals surface area contributed by atoms with E-state index in [1.165, 1.54) is 16.8 Å². The van der Waals surface area contributed by atoms with Gasteiger partial charge in [0.15, 0.2) is 0 Å². The van der Waals surface area contributed by atoms with E-state index < -0.39 is 0 Å². The summed E-state index contributed by atoms with van der Waals surface area (Å²) < 4.78 is 2.19. The fourth-order valence-electron chi connectivity index (χ4n) is 8.05. The predicted molar refractivity (Wildman–Crippen MR) is 208 cm³/mol. The van der Waals surface area contributed by atoms with E-state index in [1.54, 1.807) is 0 Å². The topological polar surface area (TPSA) is 55.8 Å². The van der Waals surface area contributed by atoms with Gasteiger partial charge in [-0.05, 0) is 82.4 Å². The molecule has 0 atom stereocenters. The van der Waals surface area contributed by atoms with E-state index in [1.807, 2.05) is 54.6 Å². The van der Waals surface area contributed by atoms with Crippen molar-refractivity contribution in [1.29, 1.82) is 10.5 Å². The Morgan fingerprint density at radius 2 is 1.10 bits per heavy atom. The van der Waals surface area contributed by atoms with Crippen LogP contribution >= 0.6 is 0 Å². The average molecular weight is 653 g/mol. The molecule has 4 heteroatoms. The summed E-state index contributed by atoms with van der Waals surface area (Å²) in [6.07, 6.45) is 0. The number of hydrogen-bond donors (Lipinski definition) is 0. The van der Waals surface area contributed by atoms with Gasteiger partial charge >= 0.3 is 0 Å². The van der Waals surface area contributed by atoms with Crippen molar-refractivity contribution in [1.82, 2.24) is 4.57 Å². The maximum absolute atomic E-state index is 10.6. The molecule has 0 spiro atoms. The number of fused-ring (bicyclic) bond motifs is 5. The summed E-state index contributed by atoms with van der Waals surface area (Å²) in [5.74, 6) is 0. The smallest absolute Gasteiger partial charge is 0.101 e. The first-order valence-electron chi connectivity index (χ1n) is 17.2. The van der Waals surface area contributed by atoms with E-state index >= 15 is 0 Å². The van der Waals surface area contributed by atoms with Crippen molar-refractivity contribution in [3.8, 4) is 40.1 Å². The highest BCUT2D eigenvalue weighted by molar-refractivity contribution is 6.10. The first kappa shape index (κ1) is 30.2. The molecule has 0 saturated carbocycles. The second-order valence-corrected chi connectivity index (χ2v) is 13.6. The number of para-hydroxylation sites is 5. The predicted octanol–water partition coefficient (Wildman–Crippen LogP) is 12.0. The maximum Gasteiger partial charge on any atom is 0.101 e. The molecule has 4 nitrogen and oxygen atoms in total. The zero-order chi connectivity index (χ0) is 34.7. The third-order valence-electron chi connectivity index (χ3n) is 10.5. The molecule has 7 aromatic carbocycles. The molecule has 0 radical (unpaired) electrons. The van der Waals surface area contributed by atoms with Gasteiger partial charge in [0.05, 0.1) is 45.3 Å². The average Bonchev–Trinajstić information content (AvgIpc) is 3.52. The number of aromatic nitrogens is 1. The third kappa shape index (κ3) is 4.58. The molecule has 1 aliphatic rings. The van der Waals surface area contributed by atoms with Crippen molar-refractivity contribution in [3.05, 3.63) is 180 Å². The second-order valence-electron chi connectivity index (χ2n) is 13.6. The molecule has 0 bridgehead atoms. The standard InChI is InChI=1S/C47H32N4/c1-47(2)40-19-8-11-22-44(40)50(35-14-4-3-5-15-35)45-26-24-32(28-41(45)47)36-25-23-31(27-34(36)30-49)37-18-12-13-33(29-48)46(37)51-42-20-9-6-16-38(42)39-17-7-10-21-43(39)51/h3-28H,1-2H3. The van der Waals surface area contributed by atoms with Crippen LogP contribution < -0.4 is 4.90 Å². The molecule has 8 aromatic rings. The molecular weight excluding hydrogens is 621 g/mol. The first-order valence-corrected chi connectivity index (χ1v) is 17.2. The number of nitriles is 2. The van der Waals surface area contributed by atoms with Crippen LogP contribution in [-0.4, -0.2) is 4.57 Å². The summed E-state index contributed by atoms with van der Waals surface area (Å²) in [4.78, 5) is 2.34. The minimum atomic E-state index is -0.269. The van der Waals surface area contributed by atoms with Gasteiger partial charge in [-0.2, -0.15) is 10.5 Å². The molecule has 1 aliphatic heterocycles. The molecule has 51 heavy (non-hydrogen) atoms. The summed E-state index contributed by atoms with van der Waals surface area (Å²) in [7, 11) is 0. The largest absolute Gasteiger partial charge is 0.310 e. The first-order chi connectivity index (χ1) is 25.0. The van der Waals surface area contributed by atoms with Crippen molar-refractivity contribution in [3.63, 3.8) is 0 Å². The molecule has 1 aromatic heterocycles. The van der Waals surface area contributed by atoms with Crippen molar-refractivity contribution < 1.29 is 0 Å². The SMILES string of the molecule is CC1(C)c2ccccc2N(c2ccccc2)c2ccc(-c3ccc(-c4cccc(C#N)c4-n4c5ccccc5c5ccccc54)cc3C#N)cc21. The highest BCUT2D eigenvalue weighted by Gasteiger charge is 2.37. The fourth-order valence-corrected chi connectivity index (χ4v) is 8.05. The van der Waals surface area contributed by atoms with Crippen LogP contribution in [0.2, 0.25) is 0 Å². The molecule has 0 aliphatic carbocycles. The van der Waals surface area contributed by atoms with E-state index in [9.17, 15) is 10.5 Å². The summed E-state index contributed by atoms with van der Waals surface area (Å²) >= 11 is 0. The summed E-state index contributed by atoms with van der Waals surface area (Å²) in [5, 5.41) is 23.3. The fraction of sp³-hybridized carbons (Fsp3) is 0.0638. The Hall–Kier alpha value is -6.88. The van der Waals surface area contributed by atoms with Crippen LogP contribution in [0.4, 0.5) is 17.1 Å². The quantitative estimate of drug-likeness (QED) is 0.190. The van der Waals surface area contributed by atoms with Crippen LogP contribution in [0.1, 0.15) is 36.1 Å². The summed E-state index contributed by atoms with van der Waals surface area (Å²) in [6.45, 7) is 4.56. The number of nitrogens with zero attached hydrogens (tertiary/aromatic N) is 4. The zero-order valence-electron chi connectivity index (χ0n) is 28.3. The molecule has 9 rings (SSSR count). The zero-order valence-corrected chi connectivity index (χ0v) is 28.3. The van der Waals surface area contributed by atoms with Gasteiger partial charge in [0.1, 0.15) is 6.07 Å². The highest BCUT2D eigenvalue weighted by atomic mass is 15.2. The van der Waals surface area contributed by atoms with E-state index in [0.717, 1.165) is 61.1 Å². The van der Waals surface area contributed by atoms with E-state index in [2.05, 4.69) is 139 Å². The van der Waals surface area contributed by atoms with Crippen molar-refractivity contribution in [2.45, 2.75) is 19.3 Å². The Bertz CT molecular complexity index is 2700. The van der Waals surface area contributed by atoms with Crippen LogP contribution in [0, 0.1) is 22.7 Å². The Labute approximate surface area is 297 Å². The van der Waals surface area contributed by atoms with Crippen LogP contribution in [0.15, 0.2) is 158 Å². The molecular formula is C47H32N4. The van der Waals surface area contributed by atoms with Crippen molar-refractivity contribution in [2.75, 3.05) is 4.90 Å². The minimum absolute atomic E-state index is 0.269. The Morgan fingerprint density at radius 3 is 1.82 bits per heavy atom. The lowest BCUT2D eigenvalue weighted by molar-refractivity contribution is 0.632. The Kier molecular flexibility index (Phi) is 6.88. The molecule has 0 amide bonds. The maximum atomic E-state index is 10.6. The van der Waals surface area contributed by atoms with E-state index in [-0.39, 0.29) is 5.41 Å². The lowest BCUT2D eigenvalue weighted by Crippen LogP contribution is -2.30. The summed E-state index contributed by atoms with van der Waals surface area (Å²) in [6, 6.07) is 59.3. The second kappa shape index (κ2) is 11.6. The number of anilines is 3. The normalized spacial score (nSPS) is 13.0. The van der Waals surface area contributed by atoms with Gasteiger partial charge in [0, 0.05) is 27.4 Å². The van der Waals surface area contributed by atoms with Gasteiger partial charge in [-0.3, -0.25) is 0 Å². The molecule has 0 unspecified atom stereocenters. The lowest BCUT2D eigenvalue weighted by Gasteiger charge is -2.42. The van der Waals surface area contributed by atoms with Crippen molar-refractivity contribution in [2.24, 2.45) is 0 Å². The molecule has 0 saturated heterocycles. The van der Waals surface area contributed by atoms with Crippen molar-refractivity contribution >= 4 is 38.9 Å². The monoisotopic (exact) mass is 652 g/mol. The molecule has 2 heterocycles. The van der Waals surface area contributed by atoms with E-state index in [0.29, 0.717) is 11.1 Å². The van der Waals surface area contributed by atoms with Gasteiger partial charge in [-0.25, -0.2) is 0 Å². The number of benzene rings is 7. The van der Waals surface area contributed by atoms with Gasteiger partial charge in [-0.15, -0.1) is 0 Å². The molecule has 0 fully saturated rings. The van der Waals surface area contributed by atoms with Crippen LogP contribution in [0.3, 0.4) is 0 Å². The van der Waals surface area contributed by atoms with Crippen LogP contribution in [0.5, 0.6) is 0 Å². The van der Waals surface area contributed by atoms with Gasteiger partial charge in [-0.1, -0.05) is 117 Å². The number of rotatable bonds is 4. The van der Waals surface area contributed by atoms with Gasteiger partial charge < -0.3 is 9.47 Å². The Balaban J connectivity index is 1.21. The van der Waals surface area contributed by atoms with Gasteiger partial charge in [0.2, 0.25) is 0 Å². The van der Waals surface area contributed by atoms with Crippen LogP contribution in [0.25, 0.3) is 49.7 Å². The highest BCUT2D eigenvalue weighted by Crippen LogP contribution is 2.52. The van der Waals surface area contributed by atoms with Gasteiger partial charge in [0.25, 0.3) is 0 Å². The third-order valence-corrected chi connectivity index (χ3v) is 10.5. The number of hydrogen-bond acceptors (Lipinski definition) is 3.